The second kappa shape index (κ2) is 7.58. The van der Waals surface area contributed by atoms with E-state index >= 15 is 0 Å². The molecular weight excluding hydrogens is 419 g/mol. The summed E-state index contributed by atoms with van der Waals surface area (Å²) in [5, 5.41) is 14.0. The number of anilines is 1. The summed E-state index contributed by atoms with van der Waals surface area (Å²) in [6.07, 6.45) is 2.82. The van der Waals surface area contributed by atoms with Gasteiger partial charge in [0.05, 0.1) is 16.4 Å². The molecule has 1 aliphatic rings. The molecule has 6 nitrogen and oxygen atoms in total. The number of pyridine rings is 1. The second-order valence-electron chi connectivity index (χ2n) is 6.46. The van der Waals surface area contributed by atoms with E-state index in [4.69, 9.17) is 35.4 Å². The van der Waals surface area contributed by atoms with Gasteiger partial charge in [-0.3, -0.25) is 9.36 Å². The van der Waals surface area contributed by atoms with Crippen LogP contribution in [0, 0.1) is 4.77 Å². The minimum atomic E-state index is -0.398. The molecule has 1 amide bonds. The van der Waals surface area contributed by atoms with Crippen molar-refractivity contribution in [2.24, 2.45) is 0 Å². The number of halogens is 2. The molecule has 28 heavy (non-hydrogen) atoms. The Bertz CT molecular complexity index is 1140. The molecule has 3 heterocycles. The van der Waals surface area contributed by atoms with Crippen molar-refractivity contribution in [3.63, 3.8) is 0 Å². The topological polar surface area (TPSA) is 72.1 Å². The van der Waals surface area contributed by atoms with Gasteiger partial charge in [0.25, 0.3) is 5.91 Å². The molecule has 0 spiro atoms. The van der Waals surface area contributed by atoms with Crippen LogP contribution in [-0.2, 0) is 13.0 Å². The summed E-state index contributed by atoms with van der Waals surface area (Å²) in [7, 11) is 0. The van der Waals surface area contributed by atoms with Gasteiger partial charge < -0.3 is 15.0 Å². The summed E-state index contributed by atoms with van der Waals surface area (Å²) < 4.78 is 4.03. The molecule has 0 saturated heterocycles. The summed E-state index contributed by atoms with van der Waals surface area (Å²) in [5.41, 5.74) is 2.09. The Morgan fingerprint density at radius 1 is 1.21 bits per heavy atom. The minimum absolute atomic E-state index is 0.117. The first-order chi connectivity index (χ1) is 13.5. The van der Waals surface area contributed by atoms with E-state index < -0.39 is 5.91 Å². The van der Waals surface area contributed by atoms with E-state index in [0.717, 1.165) is 31.5 Å². The van der Waals surface area contributed by atoms with Crippen molar-refractivity contribution in [2.75, 3.05) is 5.32 Å². The third-order valence-corrected chi connectivity index (χ3v) is 5.57. The molecule has 0 fully saturated rings. The van der Waals surface area contributed by atoms with Crippen LogP contribution in [0.1, 0.15) is 29.0 Å². The molecule has 0 bridgehead atoms. The van der Waals surface area contributed by atoms with Gasteiger partial charge in [0.1, 0.15) is 10.8 Å². The maximum absolute atomic E-state index is 12.3. The summed E-state index contributed by atoms with van der Waals surface area (Å²) in [6.45, 7) is 0.785. The smallest absolute Gasteiger partial charge is 0.274 e. The number of hydrogen-bond donors (Lipinski definition) is 2. The van der Waals surface area contributed by atoms with Crippen molar-refractivity contribution in [3.8, 4) is 11.6 Å². The Hall–Kier alpha value is -2.35. The minimum Gasteiger partial charge on any atom is -0.493 e. The van der Waals surface area contributed by atoms with Crippen LogP contribution in [0.15, 0.2) is 36.4 Å². The number of hydrogen-bond acceptors (Lipinski definition) is 4. The maximum atomic E-state index is 12.3. The summed E-state index contributed by atoms with van der Waals surface area (Å²) in [6, 6.07) is 9.83. The van der Waals surface area contributed by atoms with Crippen LogP contribution in [-0.4, -0.2) is 25.1 Å². The molecule has 0 radical (unpaired) electrons. The standard InChI is InChI=1S/C19H16Cl2N4O2S/c20-12-10-11(22-17(26)13-4-3-6-16(21)23-13)7-8-14(12)25-18(27)15-5-1-2-9-24(15)19(25)28/h3-4,6-8,10,27H,1-2,5,9H2,(H,22,26). The molecule has 0 atom stereocenters. The van der Waals surface area contributed by atoms with Gasteiger partial charge in [0, 0.05) is 12.2 Å². The Balaban J connectivity index is 1.65. The fraction of sp³-hybridized carbons (Fsp3) is 0.211. The first-order valence-corrected chi connectivity index (χ1v) is 9.89. The lowest BCUT2D eigenvalue weighted by molar-refractivity contribution is 0.102. The van der Waals surface area contributed by atoms with E-state index in [1.54, 1.807) is 41.0 Å². The molecule has 2 aromatic heterocycles. The van der Waals surface area contributed by atoms with Crippen molar-refractivity contribution in [3.05, 3.63) is 62.7 Å². The first-order valence-electron chi connectivity index (χ1n) is 8.73. The predicted octanol–water partition coefficient (Wildman–Crippen LogP) is 5.00. The number of carbonyl (C=O) groups is 1. The molecule has 1 aliphatic heterocycles. The van der Waals surface area contributed by atoms with Crippen LogP contribution in [0.3, 0.4) is 0 Å². The fourth-order valence-corrected chi connectivity index (χ4v) is 4.14. The van der Waals surface area contributed by atoms with E-state index in [2.05, 4.69) is 10.3 Å². The number of carbonyl (C=O) groups excluding carboxylic acids is 1. The first kappa shape index (κ1) is 19.0. The monoisotopic (exact) mass is 434 g/mol. The van der Waals surface area contributed by atoms with Crippen molar-refractivity contribution >= 4 is 47.0 Å². The van der Waals surface area contributed by atoms with E-state index in [1.165, 1.54) is 0 Å². The van der Waals surface area contributed by atoms with Gasteiger partial charge >= 0.3 is 0 Å². The SMILES string of the molecule is O=C(Nc1ccc(-n2c(O)c3n(c2=S)CCCC3)c(Cl)c1)c1cccc(Cl)n1. The molecule has 2 N–H and O–H groups in total. The lowest BCUT2D eigenvalue weighted by Gasteiger charge is -2.12. The van der Waals surface area contributed by atoms with Gasteiger partial charge in [0.2, 0.25) is 5.88 Å². The van der Waals surface area contributed by atoms with Gasteiger partial charge in [-0.2, -0.15) is 0 Å². The fourth-order valence-electron chi connectivity index (χ4n) is 3.33. The van der Waals surface area contributed by atoms with E-state index in [0.29, 0.717) is 21.2 Å². The molecule has 0 aliphatic carbocycles. The second-order valence-corrected chi connectivity index (χ2v) is 7.62. The van der Waals surface area contributed by atoms with Crippen molar-refractivity contribution < 1.29 is 9.90 Å². The van der Waals surface area contributed by atoms with Gasteiger partial charge in [-0.15, -0.1) is 0 Å². The number of aromatic nitrogens is 3. The van der Waals surface area contributed by atoms with Gasteiger partial charge in [-0.05, 0) is 61.8 Å². The van der Waals surface area contributed by atoms with Crippen LogP contribution < -0.4 is 5.32 Å². The lowest BCUT2D eigenvalue weighted by atomic mass is 10.1. The Morgan fingerprint density at radius 2 is 2.04 bits per heavy atom. The van der Waals surface area contributed by atoms with Crippen molar-refractivity contribution in [2.45, 2.75) is 25.8 Å². The normalized spacial score (nSPS) is 13.2. The molecule has 1 aromatic carbocycles. The number of amides is 1. The highest BCUT2D eigenvalue weighted by Crippen LogP contribution is 2.33. The number of rotatable bonds is 3. The van der Waals surface area contributed by atoms with Gasteiger partial charge in [-0.25, -0.2) is 4.98 Å². The van der Waals surface area contributed by atoms with Gasteiger partial charge in [-0.1, -0.05) is 29.3 Å². The Labute approximate surface area is 176 Å². The number of imidazole rings is 1. The van der Waals surface area contributed by atoms with E-state index in [-0.39, 0.29) is 16.7 Å². The van der Waals surface area contributed by atoms with Crippen LogP contribution in [0.2, 0.25) is 10.2 Å². The van der Waals surface area contributed by atoms with E-state index in [9.17, 15) is 9.90 Å². The highest BCUT2D eigenvalue weighted by molar-refractivity contribution is 7.71. The maximum Gasteiger partial charge on any atom is 0.274 e. The average Bonchev–Trinajstić information content (AvgIpc) is 2.93. The highest BCUT2D eigenvalue weighted by atomic mass is 35.5. The zero-order chi connectivity index (χ0) is 19.8. The quantitative estimate of drug-likeness (QED) is 0.449. The molecule has 0 saturated carbocycles. The van der Waals surface area contributed by atoms with Crippen molar-refractivity contribution in [1.82, 2.24) is 14.1 Å². The Kier molecular flexibility index (Phi) is 5.14. The number of fused-ring (bicyclic) bond motifs is 1. The summed E-state index contributed by atoms with van der Waals surface area (Å²) in [5.74, 6) is -0.281. The number of nitrogens with one attached hydrogen (secondary N) is 1. The van der Waals surface area contributed by atoms with E-state index in [1.807, 2.05) is 4.57 Å². The number of benzene rings is 1. The molecule has 9 heteroatoms. The lowest BCUT2D eigenvalue weighted by Crippen LogP contribution is -2.13. The zero-order valence-electron chi connectivity index (χ0n) is 14.7. The molecular formula is C19H16Cl2N4O2S. The molecule has 3 aromatic rings. The van der Waals surface area contributed by atoms with Gasteiger partial charge in [0.15, 0.2) is 4.77 Å². The van der Waals surface area contributed by atoms with Crippen LogP contribution in [0.25, 0.3) is 5.69 Å². The van der Waals surface area contributed by atoms with Crippen molar-refractivity contribution in [1.29, 1.82) is 0 Å². The predicted molar refractivity (Wildman–Crippen MR) is 111 cm³/mol. The molecule has 4 rings (SSSR count). The third kappa shape index (κ3) is 3.41. The number of aromatic hydroxyl groups is 1. The average molecular weight is 435 g/mol. The summed E-state index contributed by atoms with van der Waals surface area (Å²) in [4.78, 5) is 16.3. The van der Waals surface area contributed by atoms with Crippen LogP contribution in [0.4, 0.5) is 5.69 Å². The van der Waals surface area contributed by atoms with Crippen LogP contribution in [0.5, 0.6) is 5.88 Å². The van der Waals surface area contributed by atoms with Crippen LogP contribution >= 0.6 is 35.4 Å². The molecule has 144 valence electrons. The summed E-state index contributed by atoms with van der Waals surface area (Å²) >= 11 is 17.8. The third-order valence-electron chi connectivity index (χ3n) is 4.66. The number of nitrogens with zero attached hydrogens (tertiary/aromatic N) is 3. The molecule has 0 unspecified atom stereocenters. The largest absolute Gasteiger partial charge is 0.493 e. The zero-order valence-corrected chi connectivity index (χ0v) is 17.0. The Morgan fingerprint density at radius 3 is 2.75 bits per heavy atom. The highest BCUT2D eigenvalue weighted by Gasteiger charge is 2.22.